The first kappa shape index (κ1) is 19.6. The maximum Gasteiger partial charge on any atom is 0.365 e. The predicted molar refractivity (Wildman–Crippen MR) is 108 cm³/mol. The summed E-state index contributed by atoms with van der Waals surface area (Å²) in [5.41, 5.74) is 1.98. The molecule has 0 fully saturated rings. The van der Waals surface area contributed by atoms with E-state index in [4.69, 9.17) is 16.3 Å². The van der Waals surface area contributed by atoms with Crippen LogP contribution in [0.2, 0.25) is 5.02 Å². The fraction of sp³-hybridized carbons (Fsp3) is 0.200. The van der Waals surface area contributed by atoms with Gasteiger partial charge >= 0.3 is 5.69 Å². The van der Waals surface area contributed by atoms with E-state index in [1.807, 2.05) is 6.92 Å². The highest BCUT2D eigenvalue weighted by Gasteiger charge is 2.19. The lowest BCUT2D eigenvalue weighted by Crippen LogP contribution is -2.35. The molecule has 0 saturated carbocycles. The number of amides is 1. The van der Waals surface area contributed by atoms with Crippen molar-refractivity contribution in [1.82, 2.24) is 14.8 Å². The van der Waals surface area contributed by atoms with E-state index in [0.29, 0.717) is 22.2 Å². The summed E-state index contributed by atoms with van der Waals surface area (Å²) >= 11 is 5.93. The molecule has 1 aromatic heterocycles. The monoisotopic (exact) mass is 398 g/mol. The standard InChI is InChI=1S/C20H19ClN4O3/c1-12-10-15(21)6-9-17(12)23-19(26)13(2)25-20(27)24-18(11-22-25)14-4-7-16(28-3)8-5-14/h4-11,13H,1-3H3,(H,23,26)/t13-/m0/s1. The van der Waals surface area contributed by atoms with Crippen molar-refractivity contribution in [2.75, 3.05) is 12.4 Å². The van der Waals surface area contributed by atoms with Crippen LogP contribution in [0.1, 0.15) is 18.5 Å². The second-order valence-corrected chi connectivity index (χ2v) is 6.66. The molecule has 1 N–H and O–H groups in total. The highest BCUT2D eigenvalue weighted by molar-refractivity contribution is 6.30. The molecule has 0 saturated heterocycles. The van der Waals surface area contributed by atoms with Crippen molar-refractivity contribution in [1.29, 1.82) is 0 Å². The van der Waals surface area contributed by atoms with Crippen LogP contribution in [0.3, 0.4) is 0 Å². The topological polar surface area (TPSA) is 86.1 Å². The molecule has 1 amide bonds. The number of nitrogens with one attached hydrogen (secondary N) is 1. The maximum atomic E-state index is 12.5. The van der Waals surface area contributed by atoms with Gasteiger partial charge in [-0.15, -0.1) is 0 Å². The molecule has 0 aliphatic carbocycles. The fourth-order valence-corrected chi connectivity index (χ4v) is 2.86. The van der Waals surface area contributed by atoms with E-state index in [-0.39, 0.29) is 5.91 Å². The average Bonchev–Trinajstić information content (AvgIpc) is 2.69. The molecule has 7 nitrogen and oxygen atoms in total. The summed E-state index contributed by atoms with van der Waals surface area (Å²) in [5.74, 6) is 0.326. The Morgan fingerprint density at radius 1 is 1.21 bits per heavy atom. The molecular formula is C20H19ClN4O3. The zero-order valence-electron chi connectivity index (χ0n) is 15.6. The molecule has 0 aliphatic heterocycles. The quantitative estimate of drug-likeness (QED) is 0.711. The van der Waals surface area contributed by atoms with Crippen molar-refractivity contribution in [3.63, 3.8) is 0 Å². The minimum absolute atomic E-state index is 0.376. The third kappa shape index (κ3) is 4.20. The molecule has 0 spiro atoms. The van der Waals surface area contributed by atoms with Crippen LogP contribution in [0, 0.1) is 6.92 Å². The largest absolute Gasteiger partial charge is 0.497 e. The zero-order chi connectivity index (χ0) is 20.3. The van der Waals surface area contributed by atoms with Crippen molar-refractivity contribution < 1.29 is 9.53 Å². The van der Waals surface area contributed by atoms with Crippen LogP contribution in [0.25, 0.3) is 11.3 Å². The first-order valence-corrected chi connectivity index (χ1v) is 8.94. The van der Waals surface area contributed by atoms with E-state index in [1.54, 1.807) is 56.5 Å². The van der Waals surface area contributed by atoms with Gasteiger partial charge in [-0.25, -0.2) is 9.48 Å². The van der Waals surface area contributed by atoms with E-state index in [2.05, 4.69) is 15.4 Å². The summed E-state index contributed by atoms with van der Waals surface area (Å²) in [6.07, 6.45) is 1.46. The number of hydrogen-bond acceptors (Lipinski definition) is 5. The molecular weight excluding hydrogens is 380 g/mol. The molecule has 3 aromatic rings. The molecule has 0 aliphatic rings. The van der Waals surface area contributed by atoms with Crippen LogP contribution in [-0.2, 0) is 4.79 Å². The van der Waals surface area contributed by atoms with E-state index >= 15 is 0 Å². The average molecular weight is 399 g/mol. The Labute approximate surface area is 166 Å². The molecule has 0 unspecified atom stereocenters. The molecule has 8 heteroatoms. The Morgan fingerprint density at radius 3 is 2.54 bits per heavy atom. The summed E-state index contributed by atoms with van der Waals surface area (Å²) in [5, 5.41) is 7.49. The Balaban J connectivity index is 1.80. The van der Waals surface area contributed by atoms with E-state index in [1.165, 1.54) is 6.20 Å². The number of aromatic nitrogens is 3. The lowest BCUT2D eigenvalue weighted by Gasteiger charge is -2.15. The highest BCUT2D eigenvalue weighted by atomic mass is 35.5. The van der Waals surface area contributed by atoms with Gasteiger partial charge in [0.1, 0.15) is 11.8 Å². The second-order valence-electron chi connectivity index (χ2n) is 6.22. The van der Waals surface area contributed by atoms with Crippen LogP contribution >= 0.6 is 11.6 Å². The van der Waals surface area contributed by atoms with E-state index < -0.39 is 11.7 Å². The molecule has 1 atom stereocenters. The Hall–Kier alpha value is -3.19. The van der Waals surface area contributed by atoms with Crippen LogP contribution in [0.5, 0.6) is 5.75 Å². The Kier molecular flexibility index (Phi) is 5.75. The van der Waals surface area contributed by atoms with Gasteiger partial charge in [-0.2, -0.15) is 10.1 Å². The number of anilines is 1. The third-order valence-electron chi connectivity index (χ3n) is 4.29. The lowest BCUT2D eigenvalue weighted by atomic mass is 10.1. The van der Waals surface area contributed by atoms with E-state index in [0.717, 1.165) is 15.8 Å². The molecule has 28 heavy (non-hydrogen) atoms. The van der Waals surface area contributed by atoms with Crippen LogP contribution in [0.15, 0.2) is 53.5 Å². The van der Waals surface area contributed by atoms with Crippen molar-refractivity contribution in [3.05, 3.63) is 69.7 Å². The molecule has 3 rings (SSSR count). The van der Waals surface area contributed by atoms with Gasteiger partial charge in [-0.3, -0.25) is 4.79 Å². The number of halogens is 1. The number of hydrogen-bond donors (Lipinski definition) is 1. The smallest absolute Gasteiger partial charge is 0.365 e. The Bertz CT molecular complexity index is 1060. The second kappa shape index (κ2) is 8.22. The van der Waals surface area contributed by atoms with Crippen LogP contribution < -0.4 is 15.7 Å². The minimum atomic E-state index is -0.833. The normalized spacial score (nSPS) is 11.7. The fourth-order valence-electron chi connectivity index (χ4n) is 2.63. The predicted octanol–water partition coefficient (Wildman–Crippen LogP) is 3.48. The summed E-state index contributed by atoms with van der Waals surface area (Å²) in [6, 6.07) is 11.4. The van der Waals surface area contributed by atoms with Gasteiger partial charge in [-0.05, 0) is 61.9 Å². The minimum Gasteiger partial charge on any atom is -0.497 e. The van der Waals surface area contributed by atoms with Crippen molar-refractivity contribution in [2.24, 2.45) is 0 Å². The SMILES string of the molecule is COc1ccc(-c2cnn([C@@H](C)C(=O)Nc3ccc(Cl)cc3C)c(=O)n2)cc1. The zero-order valence-corrected chi connectivity index (χ0v) is 16.4. The van der Waals surface area contributed by atoms with E-state index in [9.17, 15) is 9.59 Å². The van der Waals surface area contributed by atoms with Gasteiger partial charge in [-0.1, -0.05) is 11.6 Å². The number of carbonyl (C=O) groups excluding carboxylic acids is 1. The van der Waals surface area contributed by atoms with Crippen molar-refractivity contribution in [3.8, 4) is 17.0 Å². The van der Waals surface area contributed by atoms with Crippen LogP contribution in [-0.4, -0.2) is 27.8 Å². The van der Waals surface area contributed by atoms with Crippen LogP contribution in [0.4, 0.5) is 5.69 Å². The van der Waals surface area contributed by atoms with Crippen molar-refractivity contribution in [2.45, 2.75) is 19.9 Å². The molecule has 1 heterocycles. The number of rotatable bonds is 5. The first-order valence-electron chi connectivity index (χ1n) is 8.56. The Morgan fingerprint density at radius 2 is 1.93 bits per heavy atom. The lowest BCUT2D eigenvalue weighted by molar-refractivity contribution is -0.119. The van der Waals surface area contributed by atoms with Gasteiger partial charge in [0.25, 0.3) is 0 Å². The summed E-state index contributed by atoms with van der Waals surface area (Å²) < 4.78 is 6.16. The first-order chi connectivity index (χ1) is 13.4. The summed E-state index contributed by atoms with van der Waals surface area (Å²) in [4.78, 5) is 29.0. The molecule has 0 radical (unpaired) electrons. The van der Waals surface area contributed by atoms with Gasteiger partial charge in [0.05, 0.1) is 19.0 Å². The van der Waals surface area contributed by atoms with Gasteiger partial charge < -0.3 is 10.1 Å². The van der Waals surface area contributed by atoms with Gasteiger partial charge in [0, 0.05) is 16.3 Å². The molecule has 0 bridgehead atoms. The number of carbonyl (C=O) groups is 1. The summed E-state index contributed by atoms with van der Waals surface area (Å²) in [7, 11) is 1.58. The van der Waals surface area contributed by atoms with Gasteiger partial charge in [0.15, 0.2) is 0 Å². The number of aryl methyl sites for hydroxylation is 1. The van der Waals surface area contributed by atoms with Gasteiger partial charge in [0.2, 0.25) is 5.91 Å². The molecule has 2 aromatic carbocycles. The third-order valence-corrected chi connectivity index (χ3v) is 4.53. The highest BCUT2D eigenvalue weighted by Crippen LogP contribution is 2.21. The molecule has 144 valence electrons. The number of methoxy groups -OCH3 is 1. The number of benzene rings is 2. The van der Waals surface area contributed by atoms with Crippen molar-refractivity contribution >= 4 is 23.2 Å². The maximum absolute atomic E-state index is 12.5. The summed E-state index contributed by atoms with van der Waals surface area (Å²) in [6.45, 7) is 3.42. The number of nitrogens with zero attached hydrogens (tertiary/aromatic N) is 3. The number of ether oxygens (including phenoxy) is 1.